The van der Waals surface area contributed by atoms with E-state index < -0.39 is 22.3 Å². The van der Waals surface area contributed by atoms with Crippen molar-refractivity contribution in [3.63, 3.8) is 0 Å². The van der Waals surface area contributed by atoms with Gasteiger partial charge in [-0.3, -0.25) is 4.31 Å². The average Bonchev–Trinajstić information content (AvgIpc) is 3.22. The van der Waals surface area contributed by atoms with Crippen molar-refractivity contribution in [2.45, 2.75) is 19.4 Å². The van der Waals surface area contributed by atoms with Crippen LogP contribution in [0.4, 0.5) is 14.5 Å². The Morgan fingerprint density at radius 3 is 2.32 bits per heavy atom. The van der Waals surface area contributed by atoms with Gasteiger partial charge in [-0.15, -0.1) is 10.2 Å². The van der Waals surface area contributed by atoms with E-state index >= 15 is 0 Å². The number of halogens is 2. The largest absolute Gasteiger partial charge is 0.415 e. The molecule has 2 heterocycles. The maximum Gasteiger partial charge on any atom is 0.314 e. The van der Waals surface area contributed by atoms with Crippen molar-refractivity contribution < 1.29 is 21.6 Å². The maximum absolute atomic E-state index is 13.1. The second-order valence-electron chi connectivity index (χ2n) is 7.30. The normalized spacial score (nSPS) is 14.5. The Kier molecular flexibility index (Phi) is 6.28. The van der Waals surface area contributed by atoms with Gasteiger partial charge in [0.25, 0.3) is 5.89 Å². The van der Waals surface area contributed by atoms with Gasteiger partial charge in [0.15, 0.2) is 0 Å². The third kappa shape index (κ3) is 5.08. The Balaban J connectivity index is 1.53. The lowest BCUT2D eigenvalue weighted by Crippen LogP contribution is -2.43. The number of hydrogen-bond donors (Lipinski definition) is 0. The molecule has 10 heteroatoms. The van der Waals surface area contributed by atoms with Crippen molar-refractivity contribution >= 4 is 15.7 Å². The van der Waals surface area contributed by atoms with Crippen LogP contribution in [-0.4, -0.2) is 48.9 Å². The third-order valence-electron chi connectivity index (χ3n) is 5.15. The van der Waals surface area contributed by atoms with E-state index in [1.165, 1.54) is 4.31 Å². The van der Waals surface area contributed by atoms with E-state index in [-0.39, 0.29) is 18.2 Å². The fraction of sp³-hybridized carbons (Fsp3) is 0.333. The van der Waals surface area contributed by atoms with Crippen molar-refractivity contribution in [1.29, 1.82) is 0 Å². The van der Waals surface area contributed by atoms with Crippen molar-refractivity contribution in [2.24, 2.45) is 0 Å². The van der Waals surface area contributed by atoms with Crippen LogP contribution in [0.2, 0.25) is 0 Å². The van der Waals surface area contributed by atoms with Crippen LogP contribution in [0, 0.1) is 0 Å². The molecule has 164 valence electrons. The Morgan fingerprint density at radius 2 is 1.74 bits per heavy atom. The van der Waals surface area contributed by atoms with E-state index in [9.17, 15) is 17.2 Å². The number of aromatic nitrogens is 2. The lowest BCUT2D eigenvalue weighted by atomic mass is 10.1. The zero-order chi connectivity index (χ0) is 21.8. The van der Waals surface area contributed by atoms with Gasteiger partial charge in [-0.25, -0.2) is 8.42 Å². The predicted octanol–water partition coefficient (Wildman–Crippen LogP) is 3.72. The van der Waals surface area contributed by atoms with Gasteiger partial charge in [0.05, 0.1) is 18.0 Å². The number of alkyl halides is 2. The summed E-state index contributed by atoms with van der Waals surface area (Å²) in [7, 11) is -3.55. The summed E-state index contributed by atoms with van der Waals surface area (Å²) in [5, 5.41) is 6.95. The van der Waals surface area contributed by atoms with Crippen LogP contribution in [-0.2, 0) is 16.6 Å². The molecule has 0 aliphatic carbocycles. The molecule has 1 fully saturated rings. The maximum atomic E-state index is 13.1. The molecular weight excluding hydrogens is 426 g/mol. The molecule has 0 radical (unpaired) electrons. The molecule has 2 aromatic carbocycles. The quantitative estimate of drug-likeness (QED) is 0.497. The second kappa shape index (κ2) is 9.11. The van der Waals surface area contributed by atoms with Crippen LogP contribution in [0.15, 0.2) is 59.0 Å². The number of hydrogen-bond acceptors (Lipinski definition) is 6. The number of rotatable bonds is 9. The van der Waals surface area contributed by atoms with Gasteiger partial charge in [0.2, 0.25) is 15.9 Å². The zero-order valence-corrected chi connectivity index (χ0v) is 17.5. The topological polar surface area (TPSA) is 79.5 Å². The van der Waals surface area contributed by atoms with Gasteiger partial charge in [-0.2, -0.15) is 8.78 Å². The predicted molar refractivity (Wildman–Crippen MR) is 112 cm³/mol. The summed E-state index contributed by atoms with van der Waals surface area (Å²) in [6.07, 6.45) is -1.73. The van der Waals surface area contributed by atoms with Crippen LogP contribution in [0.25, 0.3) is 11.5 Å². The van der Waals surface area contributed by atoms with E-state index in [4.69, 9.17) is 4.42 Å². The minimum Gasteiger partial charge on any atom is -0.415 e. The summed E-state index contributed by atoms with van der Waals surface area (Å²) < 4.78 is 57.9. The summed E-state index contributed by atoms with van der Waals surface area (Å²) >= 11 is 0. The molecule has 1 aliphatic heterocycles. The molecule has 0 unspecified atom stereocenters. The molecule has 7 nitrogen and oxygen atoms in total. The zero-order valence-electron chi connectivity index (χ0n) is 16.7. The summed E-state index contributed by atoms with van der Waals surface area (Å²) in [5.41, 5.74) is 1.82. The van der Waals surface area contributed by atoms with Crippen LogP contribution in [0.5, 0.6) is 0 Å². The van der Waals surface area contributed by atoms with Crippen LogP contribution < -0.4 is 4.31 Å². The SMILES string of the molecule is O=S(=O)(CCN1CCC1)N(Cc1ccc(-c2nnc(C(F)F)o2)cc1)c1ccccc1. The van der Waals surface area contributed by atoms with E-state index in [0.29, 0.717) is 17.8 Å². The molecule has 1 aromatic heterocycles. The lowest BCUT2D eigenvalue weighted by Gasteiger charge is -2.32. The van der Waals surface area contributed by atoms with Crippen LogP contribution >= 0.6 is 0 Å². The van der Waals surface area contributed by atoms with Gasteiger partial charge >= 0.3 is 6.43 Å². The highest BCUT2D eigenvalue weighted by atomic mass is 32.2. The Labute approximate surface area is 179 Å². The molecule has 4 rings (SSSR count). The fourth-order valence-electron chi connectivity index (χ4n) is 3.26. The number of anilines is 1. The first-order chi connectivity index (χ1) is 14.9. The molecule has 0 atom stereocenters. The van der Waals surface area contributed by atoms with Gasteiger partial charge in [-0.05, 0) is 49.3 Å². The van der Waals surface area contributed by atoms with Gasteiger partial charge in [0.1, 0.15) is 0 Å². The molecule has 3 aromatic rings. The van der Waals surface area contributed by atoms with Gasteiger partial charge < -0.3 is 9.32 Å². The molecule has 1 aliphatic rings. The first kappa shape index (κ1) is 21.4. The Bertz CT molecular complexity index is 1100. The smallest absolute Gasteiger partial charge is 0.314 e. The number of benzene rings is 2. The molecule has 0 saturated carbocycles. The summed E-state index contributed by atoms with van der Waals surface area (Å²) in [6, 6.07) is 15.7. The van der Waals surface area contributed by atoms with Gasteiger partial charge in [-0.1, -0.05) is 30.3 Å². The molecule has 1 saturated heterocycles. The molecule has 0 amide bonds. The van der Waals surface area contributed by atoms with E-state index in [0.717, 1.165) is 25.1 Å². The minimum absolute atomic E-state index is 0.0102. The average molecular weight is 448 g/mol. The van der Waals surface area contributed by atoms with Gasteiger partial charge in [0, 0.05) is 12.1 Å². The van der Waals surface area contributed by atoms with E-state index in [1.54, 1.807) is 48.5 Å². The summed E-state index contributed by atoms with van der Waals surface area (Å²) in [4.78, 5) is 2.12. The highest BCUT2D eigenvalue weighted by Crippen LogP contribution is 2.25. The highest BCUT2D eigenvalue weighted by molar-refractivity contribution is 7.92. The molecule has 31 heavy (non-hydrogen) atoms. The first-order valence-electron chi connectivity index (χ1n) is 9.91. The van der Waals surface area contributed by atoms with Crippen LogP contribution in [0.3, 0.4) is 0 Å². The number of nitrogens with zero attached hydrogens (tertiary/aromatic N) is 4. The summed E-state index contributed by atoms with van der Waals surface area (Å²) in [5.74, 6) is -0.704. The third-order valence-corrected chi connectivity index (χ3v) is 6.86. The number of sulfonamides is 1. The van der Waals surface area contributed by atoms with Crippen molar-refractivity contribution in [1.82, 2.24) is 15.1 Å². The lowest BCUT2D eigenvalue weighted by molar-refractivity contribution is 0.116. The minimum atomic E-state index is -3.55. The van der Waals surface area contributed by atoms with Crippen molar-refractivity contribution in [2.75, 3.05) is 29.7 Å². The fourth-order valence-corrected chi connectivity index (χ4v) is 4.76. The first-order valence-corrected chi connectivity index (χ1v) is 11.5. The van der Waals surface area contributed by atoms with Crippen molar-refractivity contribution in [3.8, 4) is 11.5 Å². The number of para-hydroxylation sites is 1. The Hall–Kier alpha value is -2.85. The second-order valence-corrected chi connectivity index (χ2v) is 9.31. The Morgan fingerprint density at radius 1 is 1.03 bits per heavy atom. The standard InChI is InChI=1S/C21H22F2N4O3S/c22-19(23)21-25-24-20(30-21)17-9-7-16(8-10-17)15-27(18-5-2-1-3-6-18)31(28,29)14-13-26-11-4-12-26/h1-3,5-10,19H,4,11-15H2. The van der Waals surface area contributed by atoms with E-state index in [2.05, 4.69) is 15.1 Å². The number of likely N-dealkylation sites (tertiary alicyclic amines) is 1. The van der Waals surface area contributed by atoms with Crippen LogP contribution in [0.1, 0.15) is 24.3 Å². The molecule has 0 N–H and O–H groups in total. The molecule has 0 bridgehead atoms. The van der Waals surface area contributed by atoms with E-state index in [1.807, 2.05) is 6.07 Å². The highest BCUT2D eigenvalue weighted by Gasteiger charge is 2.25. The monoisotopic (exact) mass is 448 g/mol. The summed E-state index contributed by atoms with van der Waals surface area (Å²) in [6.45, 7) is 2.53. The molecule has 0 spiro atoms. The molecular formula is C21H22F2N4O3S. The van der Waals surface area contributed by atoms with Crippen molar-refractivity contribution in [3.05, 3.63) is 66.1 Å².